The van der Waals surface area contributed by atoms with Crippen molar-refractivity contribution in [2.75, 3.05) is 13.2 Å². The summed E-state index contributed by atoms with van der Waals surface area (Å²) < 4.78 is 11.3. The molecule has 1 heterocycles. The lowest BCUT2D eigenvalue weighted by Gasteiger charge is -2.36. The van der Waals surface area contributed by atoms with E-state index in [1.165, 1.54) is 0 Å². The van der Waals surface area contributed by atoms with E-state index in [1.54, 1.807) is 0 Å². The smallest absolute Gasteiger partial charge is 0.427 e. The van der Waals surface area contributed by atoms with Gasteiger partial charge in [-0.05, 0) is 30.5 Å². The van der Waals surface area contributed by atoms with Crippen molar-refractivity contribution in [2.45, 2.75) is 43.7 Å². The monoisotopic (exact) mass is 212 g/mol. The molecule has 3 fully saturated rings. The van der Waals surface area contributed by atoms with Gasteiger partial charge < -0.3 is 19.5 Å². The molecule has 0 aromatic carbocycles. The average molecular weight is 212 g/mol. The third-order valence-corrected chi connectivity index (χ3v) is 4.43. The molecule has 1 atom stereocenters. The maximum atomic E-state index is 9.16. The van der Waals surface area contributed by atoms with E-state index in [2.05, 4.69) is 0 Å². The molecule has 0 radical (unpaired) electrons. The molecule has 2 N–H and O–H groups in total. The van der Waals surface area contributed by atoms with Crippen molar-refractivity contribution in [2.24, 2.45) is 5.41 Å². The van der Waals surface area contributed by atoms with Gasteiger partial charge in [0, 0.05) is 12.8 Å². The van der Waals surface area contributed by atoms with Gasteiger partial charge in [-0.1, -0.05) is 0 Å². The predicted molar refractivity (Wildman–Crippen MR) is 54.1 cm³/mol. The van der Waals surface area contributed by atoms with Crippen molar-refractivity contribution in [1.82, 2.24) is 0 Å². The van der Waals surface area contributed by atoms with Crippen LogP contribution in [0.2, 0.25) is 5.82 Å². The number of hydrogen-bond donors (Lipinski definition) is 2. The highest BCUT2D eigenvalue weighted by Gasteiger charge is 2.62. The molecule has 0 aromatic rings. The van der Waals surface area contributed by atoms with Crippen LogP contribution in [0.1, 0.15) is 32.1 Å². The molecule has 1 saturated heterocycles. The summed E-state index contributed by atoms with van der Waals surface area (Å²) in [7, 11) is -1.13. The zero-order valence-corrected chi connectivity index (χ0v) is 8.82. The van der Waals surface area contributed by atoms with Crippen molar-refractivity contribution < 1.29 is 19.5 Å². The molecule has 0 amide bonds. The quantitative estimate of drug-likeness (QED) is 0.622. The zero-order chi connectivity index (χ0) is 10.5. The Kier molecular flexibility index (Phi) is 2.15. The van der Waals surface area contributed by atoms with Crippen molar-refractivity contribution in [3.05, 3.63) is 0 Å². The lowest BCUT2D eigenvalue weighted by atomic mass is 9.71. The summed E-state index contributed by atoms with van der Waals surface area (Å²) in [5.74, 6) is -0.227. The Bertz CT molecular complexity index is 252. The second-order valence-electron chi connectivity index (χ2n) is 5.19. The molecule has 0 aromatic heterocycles. The standard InChI is InChI=1S/C10H17BO4/c12-11(13)8-7-9(8)1-3-10(4-2-9)14-5-6-15-10/h8,12-13H,1-7H2. The van der Waals surface area contributed by atoms with E-state index in [0.29, 0.717) is 13.2 Å². The van der Waals surface area contributed by atoms with Crippen LogP contribution in [0.5, 0.6) is 0 Å². The lowest BCUT2D eigenvalue weighted by Crippen LogP contribution is -2.36. The summed E-state index contributed by atoms with van der Waals surface area (Å²) in [5.41, 5.74) is 0.189. The summed E-state index contributed by atoms with van der Waals surface area (Å²) in [6.45, 7) is 1.41. The second kappa shape index (κ2) is 3.20. The van der Waals surface area contributed by atoms with Crippen molar-refractivity contribution in [1.29, 1.82) is 0 Å². The molecule has 4 nitrogen and oxygen atoms in total. The third-order valence-electron chi connectivity index (χ3n) is 4.43. The first-order valence-electron chi connectivity index (χ1n) is 5.80. The SMILES string of the molecule is OB(O)C1CC12CCC1(CC2)OCCO1. The molecule has 0 bridgehead atoms. The van der Waals surface area contributed by atoms with Crippen LogP contribution in [-0.4, -0.2) is 36.2 Å². The van der Waals surface area contributed by atoms with Gasteiger partial charge in [0.2, 0.25) is 0 Å². The Hall–Kier alpha value is -0.0951. The Morgan fingerprint density at radius 3 is 2.07 bits per heavy atom. The minimum atomic E-state index is -1.13. The third kappa shape index (κ3) is 1.53. The first-order chi connectivity index (χ1) is 7.16. The summed E-state index contributed by atoms with van der Waals surface area (Å²) in [5, 5.41) is 18.3. The minimum Gasteiger partial charge on any atom is -0.427 e. The van der Waals surface area contributed by atoms with Crippen LogP contribution in [0.25, 0.3) is 0 Å². The van der Waals surface area contributed by atoms with Crippen molar-refractivity contribution in [3.63, 3.8) is 0 Å². The van der Waals surface area contributed by atoms with Crippen LogP contribution in [-0.2, 0) is 9.47 Å². The highest BCUT2D eigenvalue weighted by Crippen LogP contribution is 2.67. The van der Waals surface area contributed by atoms with Crippen LogP contribution in [0.3, 0.4) is 0 Å². The normalized spacial score (nSPS) is 36.0. The van der Waals surface area contributed by atoms with Crippen LogP contribution >= 0.6 is 0 Å². The lowest BCUT2D eigenvalue weighted by molar-refractivity contribution is -0.184. The summed E-state index contributed by atoms with van der Waals surface area (Å²) in [6, 6.07) is 0. The Morgan fingerprint density at radius 1 is 1.00 bits per heavy atom. The molecule has 1 aliphatic heterocycles. The highest BCUT2D eigenvalue weighted by molar-refractivity contribution is 6.44. The summed E-state index contributed by atoms with van der Waals surface area (Å²) in [4.78, 5) is 0. The second-order valence-corrected chi connectivity index (χ2v) is 5.19. The minimum absolute atomic E-state index is 0.0938. The largest absolute Gasteiger partial charge is 0.455 e. The van der Waals surface area contributed by atoms with E-state index >= 15 is 0 Å². The fraction of sp³-hybridized carbons (Fsp3) is 1.00. The highest BCUT2D eigenvalue weighted by atomic mass is 16.7. The van der Waals surface area contributed by atoms with Crippen molar-refractivity contribution >= 4 is 7.12 Å². The van der Waals surface area contributed by atoms with Crippen LogP contribution < -0.4 is 0 Å². The van der Waals surface area contributed by atoms with E-state index in [0.717, 1.165) is 32.1 Å². The van der Waals surface area contributed by atoms with Crippen LogP contribution in [0.4, 0.5) is 0 Å². The molecule has 15 heavy (non-hydrogen) atoms. The summed E-state index contributed by atoms with van der Waals surface area (Å²) in [6.07, 6.45) is 4.80. The van der Waals surface area contributed by atoms with Gasteiger partial charge in [-0.3, -0.25) is 0 Å². The molecule has 3 aliphatic rings. The predicted octanol–water partition coefficient (Wildman–Crippen LogP) is 0.537. The van der Waals surface area contributed by atoms with E-state index < -0.39 is 7.12 Å². The first kappa shape index (κ1) is 10.1. The molecule has 84 valence electrons. The number of hydrogen-bond acceptors (Lipinski definition) is 4. The number of ether oxygens (including phenoxy) is 2. The van der Waals surface area contributed by atoms with E-state index in [-0.39, 0.29) is 17.0 Å². The van der Waals surface area contributed by atoms with Gasteiger partial charge in [0.15, 0.2) is 5.79 Å². The van der Waals surface area contributed by atoms with E-state index in [1.807, 2.05) is 0 Å². The average Bonchev–Trinajstić information content (AvgIpc) is 2.76. The molecule has 3 rings (SSSR count). The number of rotatable bonds is 1. The maximum Gasteiger partial charge on any atom is 0.455 e. The molecule has 2 saturated carbocycles. The molecular weight excluding hydrogens is 195 g/mol. The van der Waals surface area contributed by atoms with Gasteiger partial charge in [0.25, 0.3) is 0 Å². The zero-order valence-electron chi connectivity index (χ0n) is 8.82. The molecule has 1 unspecified atom stereocenters. The fourth-order valence-corrected chi connectivity index (χ4v) is 3.29. The van der Waals surface area contributed by atoms with E-state index in [9.17, 15) is 0 Å². The van der Waals surface area contributed by atoms with Crippen LogP contribution in [0, 0.1) is 5.41 Å². The van der Waals surface area contributed by atoms with Gasteiger partial charge in [0.1, 0.15) is 0 Å². The first-order valence-corrected chi connectivity index (χ1v) is 5.80. The fourth-order valence-electron chi connectivity index (χ4n) is 3.29. The van der Waals surface area contributed by atoms with Gasteiger partial charge in [-0.25, -0.2) is 0 Å². The van der Waals surface area contributed by atoms with Gasteiger partial charge in [-0.15, -0.1) is 0 Å². The molecular formula is C10H17BO4. The summed E-state index contributed by atoms with van der Waals surface area (Å²) >= 11 is 0. The Labute approximate surface area is 89.7 Å². The molecule has 2 spiro atoms. The van der Waals surface area contributed by atoms with Crippen LogP contribution in [0.15, 0.2) is 0 Å². The topological polar surface area (TPSA) is 58.9 Å². The maximum absolute atomic E-state index is 9.16. The Balaban J connectivity index is 1.62. The molecule has 2 aliphatic carbocycles. The van der Waals surface area contributed by atoms with E-state index in [4.69, 9.17) is 19.5 Å². The van der Waals surface area contributed by atoms with Crippen molar-refractivity contribution in [3.8, 4) is 0 Å². The van der Waals surface area contributed by atoms with Gasteiger partial charge in [0.05, 0.1) is 13.2 Å². The van der Waals surface area contributed by atoms with Gasteiger partial charge in [-0.2, -0.15) is 0 Å². The molecule has 5 heteroatoms. The Morgan fingerprint density at radius 2 is 1.60 bits per heavy atom. The van der Waals surface area contributed by atoms with Gasteiger partial charge >= 0.3 is 7.12 Å².